The van der Waals surface area contributed by atoms with Gasteiger partial charge in [-0.2, -0.15) is 11.8 Å². The van der Waals surface area contributed by atoms with Gasteiger partial charge in [-0.05, 0) is 6.42 Å². The van der Waals surface area contributed by atoms with E-state index in [2.05, 4.69) is 5.32 Å². The van der Waals surface area contributed by atoms with Crippen LogP contribution in [-0.4, -0.2) is 76.0 Å². The van der Waals surface area contributed by atoms with Crippen LogP contribution in [0.2, 0.25) is 0 Å². The summed E-state index contributed by atoms with van der Waals surface area (Å²) in [5.41, 5.74) is 0. The Balaban J connectivity index is 1.94. The second kappa shape index (κ2) is 7.02. The molecule has 0 radical (unpaired) electrons. The van der Waals surface area contributed by atoms with E-state index >= 15 is 0 Å². The monoisotopic (exact) mass is 315 g/mol. The van der Waals surface area contributed by atoms with Gasteiger partial charge < -0.3 is 20.2 Å². The summed E-state index contributed by atoms with van der Waals surface area (Å²) >= 11 is 1.68. The normalized spacial score (nSPS) is 25.8. The highest BCUT2D eigenvalue weighted by molar-refractivity contribution is 7.99. The van der Waals surface area contributed by atoms with Gasteiger partial charge in [0.25, 0.3) is 0 Å². The summed E-state index contributed by atoms with van der Waals surface area (Å²) in [6, 6.07) is -0.341. The van der Waals surface area contributed by atoms with E-state index in [0.717, 1.165) is 12.2 Å². The third kappa shape index (κ3) is 4.26. The summed E-state index contributed by atoms with van der Waals surface area (Å²) in [7, 11) is 0. The molecule has 2 fully saturated rings. The number of carbonyl (C=O) groups excluding carboxylic acids is 2. The number of aliphatic carboxylic acids is 1. The van der Waals surface area contributed by atoms with Gasteiger partial charge in [0, 0.05) is 44.1 Å². The van der Waals surface area contributed by atoms with Crippen molar-refractivity contribution in [2.45, 2.75) is 31.8 Å². The highest BCUT2D eigenvalue weighted by atomic mass is 32.2. The highest BCUT2D eigenvalue weighted by Crippen LogP contribution is 2.22. The molecule has 2 heterocycles. The van der Waals surface area contributed by atoms with Gasteiger partial charge in [-0.15, -0.1) is 0 Å². The number of nitrogens with zero attached hydrogens (tertiary/aromatic N) is 2. The van der Waals surface area contributed by atoms with Crippen molar-refractivity contribution < 1.29 is 19.5 Å². The average molecular weight is 315 g/mol. The second-order valence-electron chi connectivity index (χ2n) is 5.43. The molecule has 0 aromatic heterocycles. The minimum atomic E-state index is -0.877. The van der Waals surface area contributed by atoms with Gasteiger partial charge in [-0.25, -0.2) is 4.79 Å². The molecular formula is C13H21N3O4S. The largest absolute Gasteiger partial charge is 0.481 e. The van der Waals surface area contributed by atoms with E-state index in [-0.39, 0.29) is 30.4 Å². The Kier molecular flexibility index (Phi) is 5.33. The lowest BCUT2D eigenvalue weighted by Gasteiger charge is -2.37. The zero-order valence-electron chi connectivity index (χ0n) is 12.1. The smallest absolute Gasteiger partial charge is 0.320 e. The molecular weight excluding hydrogens is 294 g/mol. The van der Waals surface area contributed by atoms with E-state index in [9.17, 15) is 14.4 Å². The summed E-state index contributed by atoms with van der Waals surface area (Å²) < 4.78 is 0. The molecule has 118 valence electrons. The molecule has 0 aromatic carbocycles. The predicted molar refractivity (Wildman–Crippen MR) is 79.3 cm³/mol. The van der Waals surface area contributed by atoms with Crippen LogP contribution in [-0.2, 0) is 9.59 Å². The summed E-state index contributed by atoms with van der Waals surface area (Å²) in [4.78, 5) is 37.9. The predicted octanol–water partition coefficient (Wildman–Crippen LogP) is 0.209. The molecule has 2 aliphatic rings. The lowest BCUT2D eigenvalue weighted by Crippen LogP contribution is -2.52. The van der Waals surface area contributed by atoms with Gasteiger partial charge in [0.1, 0.15) is 0 Å². The molecule has 0 saturated carbocycles. The van der Waals surface area contributed by atoms with Crippen LogP contribution >= 0.6 is 11.8 Å². The first kappa shape index (κ1) is 15.9. The lowest BCUT2D eigenvalue weighted by atomic mass is 10.2. The van der Waals surface area contributed by atoms with Gasteiger partial charge >= 0.3 is 12.0 Å². The third-order valence-corrected chi connectivity index (χ3v) is 4.84. The van der Waals surface area contributed by atoms with Crippen LogP contribution in [0.3, 0.4) is 0 Å². The van der Waals surface area contributed by atoms with E-state index in [0.29, 0.717) is 25.4 Å². The van der Waals surface area contributed by atoms with Crippen LogP contribution in [0.1, 0.15) is 19.8 Å². The number of rotatable bonds is 3. The highest BCUT2D eigenvalue weighted by Gasteiger charge is 2.35. The van der Waals surface area contributed by atoms with Crippen molar-refractivity contribution in [1.82, 2.24) is 15.1 Å². The molecule has 3 amide bonds. The van der Waals surface area contributed by atoms with Crippen molar-refractivity contribution >= 4 is 29.7 Å². The maximum absolute atomic E-state index is 12.6. The fourth-order valence-electron chi connectivity index (χ4n) is 2.80. The first-order chi connectivity index (χ1) is 9.97. The van der Waals surface area contributed by atoms with Crippen LogP contribution in [0.25, 0.3) is 0 Å². The Morgan fingerprint density at radius 3 is 2.76 bits per heavy atom. The van der Waals surface area contributed by atoms with E-state index < -0.39 is 5.97 Å². The van der Waals surface area contributed by atoms with Gasteiger partial charge in [-0.3, -0.25) is 9.59 Å². The molecule has 2 saturated heterocycles. The molecule has 2 N–H and O–H groups in total. The van der Waals surface area contributed by atoms with Crippen LogP contribution in [0.4, 0.5) is 4.79 Å². The number of hydrogen-bond acceptors (Lipinski definition) is 4. The minimum absolute atomic E-state index is 0.00328. The topological polar surface area (TPSA) is 90.0 Å². The second-order valence-corrected chi connectivity index (χ2v) is 6.58. The van der Waals surface area contributed by atoms with Crippen molar-refractivity contribution in [3.8, 4) is 0 Å². The Hall–Kier alpha value is -1.44. The van der Waals surface area contributed by atoms with Crippen molar-refractivity contribution in [2.75, 3.05) is 31.1 Å². The fraction of sp³-hybridized carbons (Fsp3) is 0.769. The van der Waals surface area contributed by atoms with Crippen molar-refractivity contribution in [1.29, 1.82) is 0 Å². The Morgan fingerprint density at radius 2 is 2.10 bits per heavy atom. The van der Waals surface area contributed by atoms with Crippen molar-refractivity contribution in [3.05, 3.63) is 0 Å². The quantitative estimate of drug-likeness (QED) is 0.777. The summed E-state index contributed by atoms with van der Waals surface area (Å²) in [5.74, 6) is 0.538. The number of likely N-dealkylation sites (tertiary alicyclic amines) is 1. The molecule has 21 heavy (non-hydrogen) atoms. The molecule has 8 heteroatoms. The third-order valence-electron chi connectivity index (χ3n) is 3.75. The number of thioether (sulfide) groups is 1. The van der Waals surface area contributed by atoms with E-state index in [1.807, 2.05) is 0 Å². The van der Waals surface area contributed by atoms with Gasteiger partial charge in [0.15, 0.2) is 0 Å². The van der Waals surface area contributed by atoms with E-state index in [1.165, 1.54) is 6.92 Å². The Labute approximate surface area is 128 Å². The number of amides is 3. The Morgan fingerprint density at radius 1 is 1.33 bits per heavy atom. The fourth-order valence-corrected chi connectivity index (χ4v) is 3.86. The lowest BCUT2D eigenvalue weighted by molar-refractivity contribution is -0.138. The average Bonchev–Trinajstić information content (AvgIpc) is 2.85. The van der Waals surface area contributed by atoms with E-state index in [1.54, 1.807) is 21.6 Å². The first-order valence-electron chi connectivity index (χ1n) is 7.09. The van der Waals surface area contributed by atoms with Gasteiger partial charge in [-0.1, -0.05) is 0 Å². The van der Waals surface area contributed by atoms with Gasteiger partial charge in [0.2, 0.25) is 5.91 Å². The molecule has 2 rings (SSSR count). The maximum Gasteiger partial charge on any atom is 0.320 e. The van der Waals surface area contributed by atoms with Crippen molar-refractivity contribution in [2.24, 2.45) is 0 Å². The first-order valence-corrected chi connectivity index (χ1v) is 8.25. The minimum Gasteiger partial charge on any atom is -0.481 e. The van der Waals surface area contributed by atoms with E-state index in [4.69, 9.17) is 5.11 Å². The molecule has 0 aliphatic carbocycles. The number of hydrogen-bond donors (Lipinski definition) is 2. The molecule has 7 nitrogen and oxygen atoms in total. The standard InChI is InChI=1S/C13H21N3O4S/c1-9(17)14-10-2-3-15(7-10)13(20)16-4-5-21-8-11(16)6-12(18)19/h10-11H,2-8H2,1H3,(H,14,17)(H,18,19). The number of carbonyl (C=O) groups is 3. The van der Waals surface area contributed by atoms with Crippen LogP contribution < -0.4 is 5.32 Å². The van der Waals surface area contributed by atoms with Crippen LogP contribution in [0, 0.1) is 0 Å². The molecule has 0 spiro atoms. The summed E-state index contributed by atoms with van der Waals surface area (Å²) in [5, 5.41) is 11.8. The van der Waals surface area contributed by atoms with Crippen molar-refractivity contribution in [3.63, 3.8) is 0 Å². The molecule has 2 aliphatic heterocycles. The number of carboxylic acid groups (broad SMARTS) is 1. The Bertz CT molecular complexity index is 432. The molecule has 0 bridgehead atoms. The SMILES string of the molecule is CC(=O)NC1CCN(C(=O)N2CCSCC2CC(=O)O)C1. The maximum atomic E-state index is 12.6. The van der Waals surface area contributed by atoms with Crippen LogP contribution in [0.15, 0.2) is 0 Å². The number of urea groups is 1. The zero-order chi connectivity index (χ0) is 15.4. The summed E-state index contributed by atoms with van der Waals surface area (Å²) in [6.07, 6.45) is 0.735. The molecule has 0 aromatic rings. The van der Waals surface area contributed by atoms with Crippen LogP contribution in [0.5, 0.6) is 0 Å². The molecule has 2 atom stereocenters. The number of carboxylic acids is 1. The van der Waals surface area contributed by atoms with Gasteiger partial charge in [0.05, 0.1) is 12.5 Å². The number of nitrogens with one attached hydrogen (secondary N) is 1. The zero-order valence-corrected chi connectivity index (χ0v) is 12.9. The molecule has 2 unspecified atom stereocenters. The summed E-state index contributed by atoms with van der Waals surface area (Å²) in [6.45, 7) is 3.16.